The Morgan fingerprint density at radius 1 is 1.44 bits per heavy atom. The maximum atomic E-state index is 13.2. The third-order valence-corrected chi connectivity index (χ3v) is 3.58. The summed E-state index contributed by atoms with van der Waals surface area (Å²) in [6, 6.07) is 4.93. The molecule has 0 aliphatic carbocycles. The van der Waals surface area contributed by atoms with Crippen LogP contribution in [0.25, 0.3) is 0 Å². The van der Waals surface area contributed by atoms with E-state index in [1.54, 1.807) is 11.8 Å². The van der Waals surface area contributed by atoms with Crippen LogP contribution >= 0.6 is 11.8 Å². The molecule has 1 aromatic rings. The van der Waals surface area contributed by atoms with Crippen molar-refractivity contribution < 1.29 is 4.39 Å². The summed E-state index contributed by atoms with van der Waals surface area (Å²) in [5.41, 5.74) is 1.69. The average molecular weight is 238 g/mol. The van der Waals surface area contributed by atoms with Gasteiger partial charge in [0.05, 0.1) is 0 Å². The molecule has 1 aromatic carbocycles. The van der Waals surface area contributed by atoms with Crippen LogP contribution in [0, 0.1) is 18.7 Å². The standard InChI is InChI=1S/C12H15FN2S/c1-8-3-10(13)5-11(4-8)15-12-14-6-9(2)7-16-12/h3-5,9H,6-7H2,1-2H3,(H,14,15). The number of aryl methyl sites for hydroxylation is 1. The van der Waals surface area contributed by atoms with Gasteiger partial charge in [-0.2, -0.15) is 0 Å². The summed E-state index contributed by atoms with van der Waals surface area (Å²) < 4.78 is 13.2. The number of thioether (sulfide) groups is 1. The second kappa shape index (κ2) is 4.87. The number of hydrogen-bond donors (Lipinski definition) is 1. The van der Waals surface area contributed by atoms with Crippen LogP contribution in [0.1, 0.15) is 12.5 Å². The molecule has 2 rings (SSSR count). The van der Waals surface area contributed by atoms with Crippen molar-refractivity contribution in [2.24, 2.45) is 10.9 Å². The molecule has 0 saturated heterocycles. The van der Waals surface area contributed by atoms with Gasteiger partial charge in [0.2, 0.25) is 0 Å². The van der Waals surface area contributed by atoms with Crippen LogP contribution in [0.3, 0.4) is 0 Å². The molecule has 0 fully saturated rings. The maximum Gasteiger partial charge on any atom is 0.161 e. The van der Waals surface area contributed by atoms with Gasteiger partial charge in [0.15, 0.2) is 5.17 Å². The summed E-state index contributed by atoms with van der Waals surface area (Å²) in [5, 5.41) is 4.05. The van der Waals surface area contributed by atoms with E-state index >= 15 is 0 Å². The molecule has 1 N–H and O–H groups in total. The highest BCUT2D eigenvalue weighted by Gasteiger charge is 2.12. The summed E-state index contributed by atoms with van der Waals surface area (Å²) >= 11 is 1.69. The first-order valence-electron chi connectivity index (χ1n) is 5.35. The molecule has 1 atom stereocenters. The lowest BCUT2D eigenvalue weighted by atomic mass is 10.2. The largest absolute Gasteiger partial charge is 0.335 e. The van der Waals surface area contributed by atoms with Crippen molar-refractivity contribution in [3.8, 4) is 0 Å². The van der Waals surface area contributed by atoms with Crippen molar-refractivity contribution in [1.29, 1.82) is 0 Å². The summed E-state index contributed by atoms with van der Waals surface area (Å²) in [6.45, 7) is 4.91. The molecule has 0 amide bonds. The van der Waals surface area contributed by atoms with E-state index in [1.165, 1.54) is 12.1 Å². The van der Waals surface area contributed by atoms with Crippen molar-refractivity contribution in [2.45, 2.75) is 13.8 Å². The fraction of sp³-hybridized carbons (Fsp3) is 0.417. The van der Waals surface area contributed by atoms with E-state index in [4.69, 9.17) is 0 Å². The van der Waals surface area contributed by atoms with E-state index < -0.39 is 0 Å². The zero-order chi connectivity index (χ0) is 11.5. The number of halogens is 1. The molecule has 4 heteroatoms. The van der Waals surface area contributed by atoms with Crippen LogP contribution < -0.4 is 5.32 Å². The van der Waals surface area contributed by atoms with Gasteiger partial charge in [-0.1, -0.05) is 18.7 Å². The number of hydrogen-bond acceptors (Lipinski definition) is 3. The van der Waals surface area contributed by atoms with Gasteiger partial charge in [-0.05, 0) is 36.6 Å². The second-order valence-corrected chi connectivity index (χ2v) is 5.21. The van der Waals surface area contributed by atoms with Gasteiger partial charge in [-0.25, -0.2) is 4.39 Å². The third-order valence-electron chi connectivity index (χ3n) is 2.34. The average Bonchev–Trinajstić information content (AvgIpc) is 2.20. The predicted octanol–water partition coefficient (Wildman–Crippen LogP) is 3.28. The lowest BCUT2D eigenvalue weighted by molar-refractivity contribution is 0.627. The molecular weight excluding hydrogens is 223 g/mol. The monoisotopic (exact) mass is 238 g/mol. The minimum atomic E-state index is -0.211. The summed E-state index contributed by atoms with van der Waals surface area (Å²) in [5.74, 6) is 1.49. The smallest absolute Gasteiger partial charge is 0.161 e. The zero-order valence-corrected chi connectivity index (χ0v) is 10.3. The van der Waals surface area contributed by atoms with E-state index in [2.05, 4.69) is 17.2 Å². The third kappa shape index (κ3) is 2.98. The van der Waals surface area contributed by atoms with Gasteiger partial charge in [-0.15, -0.1) is 0 Å². The fourth-order valence-electron chi connectivity index (χ4n) is 1.57. The molecule has 1 aliphatic heterocycles. The van der Waals surface area contributed by atoms with Crippen LogP contribution in [-0.4, -0.2) is 17.5 Å². The number of nitrogens with one attached hydrogen (secondary N) is 1. The first-order chi connectivity index (χ1) is 7.63. The maximum absolute atomic E-state index is 13.2. The number of anilines is 1. The molecule has 0 saturated carbocycles. The number of rotatable bonds is 1. The minimum Gasteiger partial charge on any atom is -0.335 e. The van der Waals surface area contributed by atoms with Gasteiger partial charge < -0.3 is 5.32 Å². The fourth-order valence-corrected chi connectivity index (χ4v) is 2.47. The molecule has 1 aliphatic rings. The van der Waals surface area contributed by atoms with Crippen LogP contribution in [0.4, 0.5) is 10.1 Å². The summed E-state index contributed by atoms with van der Waals surface area (Å²) in [7, 11) is 0. The van der Waals surface area contributed by atoms with E-state index in [9.17, 15) is 4.39 Å². The zero-order valence-electron chi connectivity index (χ0n) is 9.46. The first kappa shape index (κ1) is 11.5. The normalized spacial score (nSPS) is 20.4. The van der Waals surface area contributed by atoms with E-state index in [-0.39, 0.29) is 5.82 Å². The van der Waals surface area contributed by atoms with Crippen molar-refractivity contribution in [3.05, 3.63) is 29.6 Å². The second-order valence-electron chi connectivity index (χ2n) is 4.20. The highest BCUT2D eigenvalue weighted by molar-refractivity contribution is 8.14. The first-order valence-corrected chi connectivity index (χ1v) is 6.33. The van der Waals surface area contributed by atoms with Gasteiger partial charge in [-0.3, -0.25) is 4.99 Å². The Bertz CT molecular complexity index is 397. The number of nitrogens with zero attached hydrogens (tertiary/aromatic N) is 1. The molecule has 0 radical (unpaired) electrons. The van der Waals surface area contributed by atoms with Crippen LogP contribution in [-0.2, 0) is 0 Å². The highest BCUT2D eigenvalue weighted by atomic mass is 32.2. The van der Waals surface area contributed by atoms with Gasteiger partial charge in [0.1, 0.15) is 5.82 Å². The molecule has 0 bridgehead atoms. The lowest BCUT2D eigenvalue weighted by Gasteiger charge is -2.18. The Balaban J connectivity index is 2.09. The van der Waals surface area contributed by atoms with Crippen LogP contribution in [0.5, 0.6) is 0 Å². The molecule has 0 spiro atoms. The Morgan fingerprint density at radius 2 is 2.25 bits per heavy atom. The quantitative estimate of drug-likeness (QED) is 0.812. The minimum absolute atomic E-state index is 0.211. The predicted molar refractivity (Wildman–Crippen MR) is 68.7 cm³/mol. The Morgan fingerprint density at radius 3 is 2.88 bits per heavy atom. The molecule has 2 nitrogen and oxygen atoms in total. The van der Waals surface area contributed by atoms with Crippen LogP contribution in [0.15, 0.2) is 23.2 Å². The van der Waals surface area contributed by atoms with Crippen molar-refractivity contribution >= 4 is 22.6 Å². The number of benzene rings is 1. The van der Waals surface area contributed by atoms with Gasteiger partial charge in [0, 0.05) is 18.0 Å². The molecule has 86 valence electrons. The van der Waals surface area contributed by atoms with Crippen LogP contribution in [0.2, 0.25) is 0 Å². The Labute approximate surface area is 99.3 Å². The van der Waals surface area contributed by atoms with E-state index in [0.717, 1.165) is 28.7 Å². The molecule has 1 unspecified atom stereocenters. The Hall–Kier alpha value is -1.03. The molecule has 16 heavy (non-hydrogen) atoms. The lowest BCUT2D eigenvalue weighted by Crippen LogP contribution is -2.18. The van der Waals surface area contributed by atoms with Crippen molar-refractivity contribution in [2.75, 3.05) is 17.6 Å². The summed E-state index contributed by atoms with van der Waals surface area (Å²) in [4.78, 5) is 4.41. The molecule has 0 aromatic heterocycles. The number of aliphatic imine (C=N–C) groups is 1. The highest BCUT2D eigenvalue weighted by Crippen LogP contribution is 2.20. The van der Waals surface area contributed by atoms with Crippen molar-refractivity contribution in [1.82, 2.24) is 0 Å². The van der Waals surface area contributed by atoms with E-state index in [1.807, 2.05) is 13.0 Å². The molecule has 1 heterocycles. The Kier molecular flexibility index (Phi) is 3.49. The van der Waals surface area contributed by atoms with Crippen molar-refractivity contribution in [3.63, 3.8) is 0 Å². The van der Waals surface area contributed by atoms with Gasteiger partial charge in [0.25, 0.3) is 0 Å². The summed E-state index contributed by atoms with van der Waals surface area (Å²) in [6.07, 6.45) is 0. The SMILES string of the molecule is Cc1cc(F)cc(NC2=NCC(C)CS2)c1. The van der Waals surface area contributed by atoms with Gasteiger partial charge >= 0.3 is 0 Å². The molecular formula is C12H15FN2S. The topological polar surface area (TPSA) is 24.4 Å². The van der Waals surface area contributed by atoms with E-state index in [0.29, 0.717) is 5.92 Å². The number of amidine groups is 1.